The Morgan fingerprint density at radius 2 is 1.81 bits per heavy atom. The van der Waals surface area contributed by atoms with Crippen LogP contribution < -0.4 is 10.1 Å². The van der Waals surface area contributed by atoms with Gasteiger partial charge in [0, 0.05) is 12.7 Å². The SMILES string of the molecule is CCc1ccc(O[C@@H](C)c2nnc(SCC(=O)Nc3ccccc3C(C)C)n2C)cc1. The van der Waals surface area contributed by atoms with Crippen LogP contribution in [0, 0.1) is 0 Å². The van der Waals surface area contributed by atoms with Crippen LogP contribution in [0.25, 0.3) is 0 Å². The molecule has 1 N–H and O–H groups in total. The highest BCUT2D eigenvalue weighted by atomic mass is 32.2. The lowest BCUT2D eigenvalue weighted by molar-refractivity contribution is -0.113. The third-order valence-corrected chi connectivity index (χ3v) is 6.09. The Bertz CT molecular complexity index is 1010. The number of nitrogens with one attached hydrogen (secondary N) is 1. The molecule has 0 aliphatic heterocycles. The minimum absolute atomic E-state index is 0.0667. The van der Waals surface area contributed by atoms with E-state index in [0.717, 1.165) is 23.4 Å². The van der Waals surface area contributed by atoms with E-state index in [1.807, 2.05) is 54.9 Å². The van der Waals surface area contributed by atoms with Gasteiger partial charge in [-0.3, -0.25) is 4.79 Å². The second-order valence-electron chi connectivity index (χ2n) is 7.74. The van der Waals surface area contributed by atoms with Gasteiger partial charge in [-0.15, -0.1) is 10.2 Å². The van der Waals surface area contributed by atoms with Gasteiger partial charge in [-0.25, -0.2) is 0 Å². The van der Waals surface area contributed by atoms with Crippen LogP contribution in [0.15, 0.2) is 53.7 Å². The number of hydrogen-bond acceptors (Lipinski definition) is 5. The number of aryl methyl sites for hydroxylation is 1. The number of anilines is 1. The predicted molar refractivity (Wildman–Crippen MR) is 126 cm³/mol. The third-order valence-electron chi connectivity index (χ3n) is 5.07. The fourth-order valence-electron chi connectivity index (χ4n) is 3.30. The minimum Gasteiger partial charge on any atom is -0.483 e. The highest BCUT2D eigenvalue weighted by Gasteiger charge is 2.18. The molecule has 3 aromatic rings. The Balaban J connectivity index is 1.59. The number of carbonyl (C=O) groups excluding carboxylic acids is 1. The molecule has 3 rings (SSSR count). The van der Waals surface area contributed by atoms with Crippen LogP contribution >= 0.6 is 11.8 Å². The zero-order chi connectivity index (χ0) is 22.4. The molecule has 0 radical (unpaired) electrons. The van der Waals surface area contributed by atoms with Crippen molar-refractivity contribution in [3.8, 4) is 5.75 Å². The number of hydrogen-bond donors (Lipinski definition) is 1. The topological polar surface area (TPSA) is 69.0 Å². The second kappa shape index (κ2) is 10.5. The lowest BCUT2D eigenvalue weighted by Crippen LogP contribution is -2.16. The van der Waals surface area contributed by atoms with Crippen molar-refractivity contribution in [3.05, 3.63) is 65.5 Å². The first-order chi connectivity index (χ1) is 14.9. The average molecular weight is 439 g/mol. The maximum atomic E-state index is 12.5. The molecule has 0 spiro atoms. The molecule has 0 saturated carbocycles. The maximum Gasteiger partial charge on any atom is 0.234 e. The molecule has 0 aliphatic carbocycles. The summed E-state index contributed by atoms with van der Waals surface area (Å²) in [5.41, 5.74) is 3.25. The Morgan fingerprint density at radius 1 is 1.10 bits per heavy atom. The Morgan fingerprint density at radius 3 is 2.48 bits per heavy atom. The predicted octanol–water partition coefficient (Wildman–Crippen LogP) is 5.37. The lowest BCUT2D eigenvalue weighted by atomic mass is 10.0. The van der Waals surface area contributed by atoms with E-state index in [0.29, 0.717) is 16.9 Å². The molecular weight excluding hydrogens is 408 g/mol. The molecular formula is C24H30N4O2S. The summed E-state index contributed by atoms with van der Waals surface area (Å²) >= 11 is 1.36. The van der Waals surface area contributed by atoms with Gasteiger partial charge in [-0.05, 0) is 48.6 Å². The van der Waals surface area contributed by atoms with Crippen LogP contribution in [-0.4, -0.2) is 26.4 Å². The number of carbonyl (C=O) groups is 1. The van der Waals surface area contributed by atoms with Crippen molar-refractivity contribution in [1.29, 1.82) is 0 Å². The standard InChI is InChI=1S/C24H30N4O2S/c1-6-18-11-13-19(14-12-18)30-17(4)23-26-27-24(28(23)5)31-15-22(29)25-21-10-8-7-9-20(21)16(2)3/h7-14,16-17H,6,15H2,1-5H3,(H,25,29)/t17-/m0/s1. The van der Waals surface area contributed by atoms with Crippen molar-refractivity contribution in [3.63, 3.8) is 0 Å². The summed E-state index contributed by atoms with van der Waals surface area (Å²) in [6.07, 6.45) is 0.738. The summed E-state index contributed by atoms with van der Waals surface area (Å²) in [5.74, 6) is 2.04. The second-order valence-corrected chi connectivity index (χ2v) is 8.68. The van der Waals surface area contributed by atoms with E-state index in [2.05, 4.69) is 48.4 Å². The highest BCUT2D eigenvalue weighted by Crippen LogP contribution is 2.26. The monoisotopic (exact) mass is 438 g/mol. The van der Waals surface area contributed by atoms with Gasteiger partial charge in [0.1, 0.15) is 5.75 Å². The highest BCUT2D eigenvalue weighted by molar-refractivity contribution is 7.99. The molecule has 164 valence electrons. The first-order valence-electron chi connectivity index (χ1n) is 10.6. The van der Waals surface area contributed by atoms with Gasteiger partial charge in [0.05, 0.1) is 5.75 Å². The average Bonchev–Trinajstić information content (AvgIpc) is 3.13. The van der Waals surface area contributed by atoms with Gasteiger partial charge in [-0.1, -0.05) is 62.9 Å². The van der Waals surface area contributed by atoms with Crippen LogP contribution in [0.5, 0.6) is 5.75 Å². The number of nitrogens with zero attached hydrogens (tertiary/aromatic N) is 3. The van der Waals surface area contributed by atoms with Gasteiger partial charge < -0.3 is 14.6 Å². The number of rotatable bonds is 9. The van der Waals surface area contributed by atoms with E-state index in [1.165, 1.54) is 17.3 Å². The smallest absolute Gasteiger partial charge is 0.234 e. The van der Waals surface area contributed by atoms with E-state index in [1.54, 1.807) is 0 Å². The zero-order valence-corrected chi connectivity index (χ0v) is 19.6. The summed E-state index contributed by atoms with van der Waals surface area (Å²) in [7, 11) is 1.89. The molecule has 1 atom stereocenters. The summed E-state index contributed by atoms with van der Waals surface area (Å²) in [6, 6.07) is 16.0. The fraction of sp³-hybridized carbons (Fsp3) is 0.375. The van der Waals surface area contributed by atoms with Gasteiger partial charge in [0.25, 0.3) is 0 Å². The molecule has 1 amide bonds. The molecule has 0 fully saturated rings. The van der Waals surface area contributed by atoms with E-state index in [-0.39, 0.29) is 17.8 Å². The third kappa shape index (κ3) is 5.88. The van der Waals surface area contributed by atoms with Crippen molar-refractivity contribution in [1.82, 2.24) is 14.8 Å². The number of benzene rings is 2. The van der Waals surface area contributed by atoms with Crippen molar-refractivity contribution in [2.75, 3.05) is 11.1 Å². The quantitative estimate of drug-likeness (QED) is 0.455. The molecule has 2 aromatic carbocycles. The maximum absolute atomic E-state index is 12.5. The van der Waals surface area contributed by atoms with Gasteiger partial charge in [-0.2, -0.15) is 0 Å². The number of thioether (sulfide) groups is 1. The molecule has 0 aliphatic rings. The van der Waals surface area contributed by atoms with Crippen LogP contribution in [0.4, 0.5) is 5.69 Å². The molecule has 1 heterocycles. The normalized spacial score (nSPS) is 12.1. The Kier molecular flexibility index (Phi) is 7.74. The fourth-order valence-corrected chi connectivity index (χ4v) is 4.02. The summed E-state index contributed by atoms with van der Waals surface area (Å²) in [5, 5.41) is 12.2. The number of aromatic nitrogens is 3. The number of amides is 1. The van der Waals surface area contributed by atoms with Crippen LogP contribution in [0.3, 0.4) is 0 Å². The largest absolute Gasteiger partial charge is 0.483 e. The molecule has 6 nitrogen and oxygen atoms in total. The summed E-state index contributed by atoms with van der Waals surface area (Å²) < 4.78 is 7.90. The molecule has 31 heavy (non-hydrogen) atoms. The Labute approximate surface area is 188 Å². The molecule has 1 aromatic heterocycles. The Hall–Kier alpha value is -2.80. The first kappa shape index (κ1) is 22.9. The van der Waals surface area contributed by atoms with E-state index >= 15 is 0 Å². The van der Waals surface area contributed by atoms with E-state index < -0.39 is 0 Å². The van der Waals surface area contributed by atoms with Crippen molar-refractivity contribution in [2.24, 2.45) is 7.05 Å². The van der Waals surface area contributed by atoms with Crippen molar-refractivity contribution < 1.29 is 9.53 Å². The first-order valence-corrected chi connectivity index (χ1v) is 11.5. The van der Waals surface area contributed by atoms with Crippen molar-refractivity contribution >= 4 is 23.4 Å². The molecule has 0 bridgehead atoms. The zero-order valence-electron chi connectivity index (χ0n) is 18.8. The molecule has 7 heteroatoms. The van der Waals surface area contributed by atoms with E-state index in [4.69, 9.17) is 4.74 Å². The lowest BCUT2D eigenvalue weighted by Gasteiger charge is -2.15. The van der Waals surface area contributed by atoms with Gasteiger partial charge >= 0.3 is 0 Å². The molecule has 0 saturated heterocycles. The van der Waals surface area contributed by atoms with Gasteiger partial charge in [0.2, 0.25) is 5.91 Å². The number of ether oxygens (including phenoxy) is 1. The van der Waals surface area contributed by atoms with E-state index in [9.17, 15) is 4.79 Å². The minimum atomic E-state index is -0.258. The summed E-state index contributed by atoms with van der Waals surface area (Å²) in [6.45, 7) is 8.30. The van der Waals surface area contributed by atoms with Gasteiger partial charge in [0.15, 0.2) is 17.1 Å². The summed E-state index contributed by atoms with van der Waals surface area (Å²) in [4.78, 5) is 12.5. The van der Waals surface area contributed by atoms with Crippen LogP contribution in [-0.2, 0) is 18.3 Å². The molecule has 0 unspecified atom stereocenters. The van der Waals surface area contributed by atoms with Crippen molar-refractivity contribution in [2.45, 2.75) is 51.3 Å². The van der Waals surface area contributed by atoms with Crippen LogP contribution in [0.2, 0.25) is 0 Å². The van der Waals surface area contributed by atoms with Crippen LogP contribution in [0.1, 0.15) is 56.7 Å². The number of para-hydroxylation sites is 1.